The van der Waals surface area contributed by atoms with E-state index in [2.05, 4.69) is 4.72 Å². The molecule has 20 heavy (non-hydrogen) atoms. The van der Waals surface area contributed by atoms with Crippen molar-refractivity contribution in [1.29, 1.82) is 0 Å². The van der Waals surface area contributed by atoms with Crippen molar-refractivity contribution in [3.63, 3.8) is 0 Å². The van der Waals surface area contributed by atoms with Crippen molar-refractivity contribution in [3.8, 4) is 5.75 Å². The number of sulfonamides is 1. The molecule has 9 heteroatoms. The first-order chi connectivity index (χ1) is 9.17. The van der Waals surface area contributed by atoms with Crippen molar-refractivity contribution < 1.29 is 21.6 Å². The second-order valence-corrected chi connectivity index (χ2v) is 8.39. The van der Waals surface area contributed by atoms with Gasteiger partial charge in [0.05, 0.1) is 24.3 Å². The van der Waals surface area contributed by atoms with Crippen LogP contribution >= 0.6 is 0 Å². The second-order valence-electron chi connectivity index (χ2n) is 4.29. The summed E-state index contributed by atoms with van der Waals surface area (Å²) in [5.41, 5.74) is 6.53. The Balaban J connectivity index is 2.92. The van der Waals surface area contributed by atoms with Gasteiger partial charge < -0.3 is 10.5 Å². The van der Waals surface area contributed by atoms with E-state index in [1.165, 1.54) is 13.2 Å². The Morgan fingerprint density at radius 3 is 2.35 bits per heavy atom. The summed E-state index contributed by atoms with van der Waals surface area (Å²) in [6, 6.07) is 4.81. The number of hydrogen-bond donors (Lipinski definition) is 2. The molecule has 0 aliphatic carbocycles. The molecule has 0 aliphatic rings. The van der Waals surface area contributed by atoms with E-state index in [4.69, 9.17) is 10.5 Å². The van der Waals surface area contributed by atoms with Crippen LogP contribution in [0.25, 0.3) is 0 Å². The van der Waals surface area contributed by atoms with E-state index in [0.29, 0.717) is 12.3 Å². The molecular weight excluding hydrogens is 304 g/mol. The molecule has 1 aromatic rings. The van der Waals surface area contributed by atoms with Gasteiger partial charge in [-0.1, -0.05) is 6.07 Å². The standard InChI is InChI=1S/C11H18N2O5S2/c1-18-11-7-9(8-12)3-4-10(11)13-20(16,17)6-5-19(2,14)15/h3-4,7,13H,5-6,8,12H2,1-2H3. The van der Waals surface area contributed by atoms with Crippen LogP contribution in [0.1, 0.15) is 5.56 Å². The molecule has 0 amide bonds. The van der Waals surface area contributed by atoms with Gasteiger partial charge in [-0.25, -0.2) is 16.8 Å². The Morgan fingerprint density at radius 2 is 1.85 bits per heavy atom. The number of nitrogens with two attached hydrogens (primary N) is 1. The highest BCUT2D eigenvalue weighted by molar-refractivity contribution is 7.95. The highest BCUT2D eigenvalue weighted by Gasteiger charge is 2.16. The molecular formula is C11H18N2O5S2. The lowest BCUT2D eigenvalue weighted by Crippen LogP contribution is -2.22. The summed E-state index contributed by atoms with van der Waals surface area (Å²) >= 11 is 0. The quantitative estimate of drug-likeness (QED) is 0.726. The second kappa shape index (κ2) is 6.42. The zero-order chi connectivity index (χ0) is 15.4. The first kappa shape index (κ1) is 16.7. The van der Waals surface area contributed by atoms with E-state index >= 15 is 0 Å². The summed E-state index contributed by atoms with van der Waals surface area (Å²) < 4.78 is 53.0. The molecule has 1 rings (SSSR count). The fraction of sp³-hybridized carbons (Fsp3) is 0.455. The van der Waals surface area contributed by atoms with Crippen molar-refractivity contribution in [1.82, 2.24) is 0 Å². The summed E-state index contributed by atoms with van der Waals surface area (Å²) in [6.45, 7) is 0.303. The van der Waals surface area contributed by atoms with Gasteiger partial charge in [0.15, 0.2) is 0 Å². The smallest absolute Gasteiger partial charge is 0.233 e. The van der Waals surface area contributed by atoms with Crippen LogP contribution in [0.2, 0.25) is 0 Å². The van der Waals surface area contributed by atoms with Gasteiger partial charge in [0, 0.05) is 12.8 Å². The third kappa shape index (κ3) is 5.35. The molecule has 0 radical (unpaired) electrons. The predicted molar refractivity (Wildman–Crippen MR) is 78.0 cm³/mol. The molecule has 0 unspecified atom stereocenters. The molecule has 0 fully saturated rings. The number of methoxy groups -OCH3 is 1. The van der Waals surface area contributed by atoms with Crippen LogP contribution in [0, 0.1) is 0 Å². The van der Waals surface area contributed by atoms with Crippen molar-refractivity contribution >= 4 is 25.5 Å². The van der Waals surface area contributed by atoms with Gasteiger partial charge in [-0.05, 0) is 17.7 Å². The van der Waals surface area contributed by atoms with Crippen LogP contribution in [0.3, 0.4) is 0 Å². The monoisotopic (exact) mass is 322 g/mol. The van der Waals surface area contributed by atoms with Crippen molar-refractivity contribution in [2.75, 3.05) is 29.6 Å². The average Bonchev–Trinajstić information content (AvgIpc) is 2.36. The number of hydrogen-bond acceptors (Lipinski definition) is 6. The largest absolute Gasteiger partial charge is 0.495 e. The van der Waals surface area contributed by atoms with Crippen LogP contribution in [0.5, 0.6) is 5.75 Å². The first-order valence-electron chi connectivity index (χ1n) is 5.72. The lowest BCUT2D eigenvalue weighted by Gasteiger charge is -2.12. The van der Waals surface area contributed by atoms with Gasteiger partial charge in [-0.2, -0.15) is 0 Å². The number of anilines is 1. The maximum absolute atomic E-state index is 11.8. The van der Waals surface area contributed by atoms with Crippen molar-refractivity contribution in [2.24, 2.45) is 5.73 Å². The molecule has 0 aromatic heterocycles. The topological polar surface area (TPSA) is 116 Å². The number of benzene rings is 1. The molecule has 0 bridgehead atoms. The lowest BCUT2D eigenvalue weighted by atomic mass is 10.2. The minimum Gasteiger partial charge on any atom is -0.495 e. The van der Waals surface area contributed by atoms with E-state index in [1.54, 1.807) is 12.1 Å². The summed E-state index contributed by atoms with van der Waals surface area (Å²) in [4.78, 5) is 0. The first-order valence-corrected chi connectivity index (χ1v) is 9.43. The minimum atomic E-state index is -3.76. The summed E-state index contributed by atoms with van der Waals surface area (Å²) in [7, 11) is -5.70. The lowest BCUT2D eigenvalue weighted by molar-refractivity contribution is 0.416. The average molecular weight is 322 g/mol. The normalized spacial score (nSPS) is 12.2. The summed E-state index contributed by atoms with van der Waals surface area (Å²) in [5, 5.41) is 0. The molecule has 1 aromatic carbocycles. The van der Waals surface area contributed by atoms with Gasteiger partial charge in [0.25, 0.3) is 0 Å². The molecule has 0 saturated carbocycles. The van der Waals surface area contributed by atoms with Crippen LogP contribution in [-0.2, 0) is 26.4 Å². The molecule has 0 spiro atoms. The maximum atomic E-state index is 11.8. The molecule has 3 N–H and O–H groups in total. The van der Waals surface area contributed by atoms with Gasteiger partial charge in [0.1, 0.15) is 15.6 Å². The number of sulfone groups is 1. The summed E-state index contributed by atoms with van der Waals surface area (Å²) in [5.74, 6) is -0.616. The van der Waals surface area contributed by atoms with Crippen LogP contribution in [0.4, 0.5) is 5.69 Å². The third-order valence-electron chi connectivity index (χ3n) is 2.49. The number of ether oxygens (including phenoxy) is 1. The van der Waals surface area contributed by atoms with E-state index in [9.17, 15) is 16.8 Å². The Kier molecular flexibility index (Phi) is 5.37. The Hall–Kier alpha value is -1.32. The number of rotatable bonds is 7. The molecule has 0 heterocycles. The third-order valence-corrected chi connectivity index (χ3v) is 4.97. The maximum Gasteiger partial charge on any atom is 0.233 e. The molecule has 0 aliphatic heterocycles. The fourth-order valence-electron chi connectivity index (χ4n) is 1.43. The van der Waals surface area contributed by atoms with Gasteiger partial charge in [-0.15, -0.1) is 0 Å². The molecule has 7 nitrogen and oxygen atoms in total. The van der Waals surface area contributed by atoms with Gasteiger partial charge in [-0.3, -0.25) is 4.72 Å². The Bertz CT molecular complexity index is 668. The highest BCUT2D eigenvalue weighted by Crippen LogP contribution is 2.26. The number of nitrogens with one attached hydrogen (secondary N) is 1. The SMILES string of the molecule is COc1cc(CN)ccc1NS(=O)(=O)CCS(C)(=O)=O. The van der Waals surface area contributed by atoms with E-state index < -0.39 is 31.4 Å². The predicted octanol–water partition coefficient (Wildman–Crippen LogP) is -0.0598. The van der Waals surface area contributed by atoms with Crippen molar-refractivity contribution in [3.05, 3.63) is 23.8 Å². The zero-order valence-electron chi connectivity index (χ0n) is 11.3. The van der Waals surface area contributed by atoms with E-state index in [0.717, 1.165) is 11.8 Å². The molecule has 0 atom stereocenters. The Morgan fingerprint density at radius 1 is 1.20 bits per heavy atom. The molecule has 0 saturated heterocycles. The fourth-order valence-corrected chi connectivity index (χ4v) is 4.12. The highest BCUT2D eigenvalue weighted by atomic mass is 32.2. The Labute approximate surface area is 119 Å². The minimum absolute atomic E-state index is 0.248. The van der Waals surface area contributed by atoms with E-state index in [1.807, 2.05) is 0 Å². The van der Waals surface area contributed by atoms with E-state index in [-0.39, 0.29) is 5.69 Å². The van der Waals surface area contributed by atoms with Crippen molar-refractivity contribution in [2.45, 2.75) is 6.54 Å². The summed E-state index contributed by atoms with van der Waals surface area (Å²) in [6.07, 6.45) is 0.985. The van der Waals surface area contributed by atoms with Crippen LogP contribution in [0.15, 0.2) is 18.2 Å². The van der Waals surface area contributed by atoms with Crippen LogP contribution < -0.4 is 15.2 Å². The van der Waals surface area contributed by atoms with Gasteiger partial charge >= 0.3 is 0 Å². The van der Waals surface area contributed by atoms with Gasteiger partial charge in [0.2, 0.25) is 10.0 Å². The zero-order valence-corrected chi connectivity index (χ0v) is 12.9. The molecule has 114 valence electrons. The van der Waals surface area contributed by atoms with Crippen LogP contribution in [-0.4, -0.2) is 41.7 Å².